The lowest BCUT2D eigenvalue weighted by atomic mass is 9.97. The van der Waals surface area contributed by atoms with Crippen LogP contribution in [0.4, 0.5) is 0 Å². The number of hydrogen-bond donors (Lipinski definition) is 1. The van der Waals surface area contributed by atoms with E-state index in [1.807, 2.05) is 60.4 Å². The third-order valence-electron chi connectivity index (χ3n) is 5.41. The minimum absolute atomic E-state index is 0.0208. The van der Waals surface area contributed by atoms with Crippen LogP contribution in [0.25, 0.3) is 11.4 Å². The molecule has 5 nitrogen and oxygen atoms in total. The number of likely N-dealkylation sites (tertiary alicyclic amines) is 1. The predicted molar refractivity (Wildman–Crippen MR) is 106 cm³/mol. The van der Waals surface area contributed by atoms with E-state index in [0.717, 1.165) is 24.0 Å². The summed E-state index contributed by atoms with van der Waals surface area (Å²) in [5.41, 5.74) is 2.02. The number of carbonyl (C=O) groups excluding carboxylic acids is 1. The summed E-state index contributed by atoms with van der Waals surface area (Å²) in [5.74, 6) is 1.33. The van der Waals surface area contributed by atoms with Crippen LogP contribution in [-0.2, 0) is 5.54 Å². The molecule has 0 aliphatic carbocycles. The third-order valence-corrected chi connectivity index (χ3v) is 5.82. The van der Waals surface area contributed by atoms with E-state index in [1.54, 1.807) is 0 Å². The number of benzene rings is 2. The van der Waals surface area contributed by atoms with Crippen molar-refractivity contribution in [2.24, 2.45) is 0 Å². The van der Waals surface area contributed by atoms with Gasteiger partial charge in [-0.2, -0.15) is 5.10 Å². The molecule has 1 fully saturated rings. The van der Waals surface area contributed by atoms with E-state index >= 15 is 0 Å². The molecule has 6 heteroatoms. The Morgan fingerprint density at radius 1 is 1.19 bits per heavy atom. The van der Waals surface area contributed by atoms with Crippen LogP contribution in [0, 0.1) is 6.92 Å². The molecule has 27 heavy (non-hydrogen) atoms. The highest BCUT2D eigenvalue weighted by molar-refractivity contribution is 6.31. The fourth-order valence-corrected chi connectivity index (χ4v) is 3.92. The first-order valence-electron chi connectivity index (χ1n) is 9.06. The van der Waals surface area contributed by atoms with Gasteiger partial charge >= 0.3 is 0 Å². The Hall–Kier alpha value is -2.66. The SMILES string of the molecule is Cc1c(Cl)cccc1-c1n[nH]c([C@]2(C)CCCN2C(=O)c2ccccc2)n1. The van der Waals surface area contributed by atoms with Crippen LogP contribution in [-0.4, -0.2) is 32.5 Å². The van der Waals surface area contributed by atoms with E-state index in [2.05, 4.69) is 17.1 Å². The lowest BCUT2D eigenvalue weighted by Crippen LogP contribution is -2.43. The molecule has 4 rings (SSSR count). The smallest absolute Gasteiger partial charge is 0.254 e. The van der Waals surface area contributed by atoms with Gasteiger partial charge in [-0.1, -0.05) is 41.9 Å². The largest absolute Gasteiger partial charge is 0.326 e. The van der Waals surface area contributed by atoms with Gasteiger partial charge in [0.1, 0.15) is 0 Å². The first kappa shape index (κ1) is 17.7. The molecule has 0 radical (unpaired) electrons. The third kappa shape index (κ3) is 3.02. The Morgan fingerprint density at radius 2 is 1.96 bits per heavy atom. The molecule has 2 aromatic carbocycles. The summed E-state index contributed by atoms with van der Waals surface area (Å²) < 4.78 is 0. The molecule has 1 aliphatic heterocycles. The Kier molecular flexibility index (Phi) is 4.48. The minimum Gasteiger partial charge on any atom is -0.326 e. The van der Waals surface area contributed by atoms with Crippen molar-refractivity contribution in [3.8, 4) is 11.4 Å². The molecular formula is C21H21ClN4O. The predicted octanol–water partition coefficient (Wildman–Crippen LogP) is 4.58. The number of hydrogen-bond acceptors (Lipinski definition) is 3. The molecule has 3 aromatic rings. The molecule has 1 saturated heterocycles. The van der Waals surface area contributed by atoms with Crippen molar-refractivity contribution >= 4 is 17.5 Å². The number of carbonyl (C=O) groups is 1. The summed E-state index contributed by atoms with van der Waals surface area (Å²) in [6.07, 6.45) is 1.77. The number of halogens is 1. The molecule has 1 amide bonds. The van der Waals surface area contributed by atoms with Gasteiger partial charge in [0.2, 0.25) is 0 Å². The van der Waals surface area contributed by atoms with Gasteiger partial charge in [0, 0.05) is 22.7 Å². The highest BCUT2D eigenvalue weighted by Crippen LogP contribution is 2.38. The zero-order valence-electron chi connectivity index (χ0n) is 15.4. The summed E-state index contributed by atoms with van der Waals surface area (Å²) in [6, 6.07) is 15.1. The van der Waals surface area contributed by atoms with Gasteiger partial charge in [0.25, 0.3) is 5.91 Å². The van der Waals surface area contributed by atoms with Crippen LogP contribution in [0.1, 0.15) is 41.5 Å². The van der Waals surface area contributed by atoms with Gasteiger partial charge in [-0.3, -0.25) is 9.89 Å². The quantitative estimate of drug-likeness (QED) is 0.723. The van der Waals surface area contributed by atoms with Crippen molar-refractivity contribution in [2.45, 2.75) is 32.2 Å². The van der Waals surface area contributed by atoms with E-state index in [0.29, 0.717) is 28.8 Å². The molecule has 1 atom stereocenters. The summed E-state index contributed by atoms with van der Waals surface area (Å²) >= 11 is 6.24. The first-order chi connectivity index (χ1) is 13.0. The maximum Gasteiger partial charge on any atom is 0.254 e. The van der Waals surface area contributed by atoms with Gasteiger partial charge in [0.05, 0.1) is 5.54 Å². The minimum atomic E-state index is -0.509. The number of H-pyrrole nitrogens is 1. The summed E-state index contributed by atoms with van der Waals surface area (Å²) in [7, 11) is 0. The van der Waals surface area contributed by atoms with Crippen LogP contribution < -0.4 is 0 Å². The first-order valence-corrected chi connectivity index (χ1v) is 9.44. The Bertz CT molecular complexity index is 985. The molecule has 0 saturated carbocycles. The Balaban J connectivity index is 1.69. The molecule has 1 aliphatic rings. The van der Waals surface area contributed by atoms with Crippen LogP contribution in [0.3, 0.4) is 0 Å². The van der Waals surface area contributed by atoms with Gasteiger partial charge in [-0.05, 0) is 50.5 Å². The van der Waals surface area contributed by atoms with Crippen LogP contribution in [0.2, 0.25) is 5.02 Å². The standard InChI is InChI=1S/C21H21ClN4O/c1-14-16(10-6-11-17(14)22)18-23-20(25-24-18)21(2)12-7-13-26(21)19(27)15-8-4-3-5-9-15/h3-6,8-11H,7,12-13H2,1-2H3,(H,23,24,25)/t21-/m0/s1. The Morgan fingerprint density at radius 3 is 2.74 bits per heavy atom. The normalized spacial score (nSPS) is 19.4. The monoisotopic (exact) mass is 380 g/mol. The molecule has 138 valence electrons. The second-order valence-electron chi connectivity index (χ2n) is 7.12. The van der Waals surface area contributed by atoms with Gasteiger partial charge in [-0.15, -0.1) is 0 Å². The van der Waals surface area contributed by atoms with E-state index < -0.39 is 5.54 Å². The Labute approximate surface area is 163 Å². The van der Waals surface area contributed by atoms with E-state index in [1.165, 1.54) is 0 Å². The van der Waals surface area contributed by atoms with Crippen LogP contribution >= 0.6 is 11.6 Å². The van der Waals surface area contributed by atoms with Crippen molar-refractivity contribution in [2.75, 3.05) is 6.54 Å². The van der Waals surface area contributed by atoms with E-state index in [-0.39, 0.29) is 5.91 Å². The number of aromatic nitrogens is 3. The number of nitrogens with zero attached hydrogens (tertiary/aromatic N) is 3. The maximum atomic E-state index is 13.1. The van der Waals surface area contributed by atoms with Crippen molar-refractivity contribution < 1.29 is 4.79 Å². The van der Waals surface area contributed by atoms with Crippen LogP contribution in [0.5, 0.6) is 0 Å². The number of rotatable bonds is 3. The highest BCUT2D eigenvalue weighted by atomic mass is 35.5. The second-order valence-corrected chi connectivity index (χ2v) is 7.53. The molecule has 2 heterocycles. The lowest BCUT2D eigenvalue weighted by molar-refractivity contribution is 0.0604. The molecule has 1 aromatic heterocycles. The second kappa shape index (κ2) is 6.82. The van der Waals surface area contributed by atoms with Crippen molar-refractivity contribution in [1.82, 2.24) is 20.1 Å². The topological polar surface area (TPSA) is 61.9 Å². The van der Waals surface area contributed by atoms with E-state index in [9.17, 15) is 4.79 Å². The van der Waals surface area contributed by atoms with Gasteiger partial charge in [-0.25, -0.2) is 4.98 Å². The lowest BCUT2D eigenvalue weighted by Gasteiger charge is -2.33. The highest BCUT2D eigenvalue weighted by Gasteiger charge is 2.44. The van der Waals surface area contributed by atoms with E-state index in [4.69, 9.17) is 16.6 Å². The molecule has 0 spiro atoms. The van der Waals surface area contributed by atoms with Crippen LogP contribution in [0.15, 0.2) is 48.5 Å². The summed E-state index contributed by atoms with van der Waals surface area (Å²) in [5, 5.41) is 8.17. The zero-order chi connectivity index (χ0) is 19.0. The van der Waals surface area contributed by atoms with Crippen molar-refractivity contribution in [1.29, 1.82) is 0 Å². The van der Waals surface area contributed by atoms with Crippen molar-refractivity contribution in [3.63, 3.8) is 0 Å². The average molecular weight is 381 g/mol. The maximum absolute atomic E-state index is 13.1. The molecule has 1 N–H and O–H groups in total. The summed E-state index contributed by atoms with van der Waals surface area (Å²) in [4.78, 5) is 19.7. The number of nitrogens with one attached hydrogen (secondary N) is 1. The average Bonchev–Trinajstić information content (AvgIpc) is 3.32. The van der Waals surface area contributed by atoms with Crippen molar-refractivity contribution in [3.05, 3.63) is 70.5 Å². The molecule has 0 bridgehead atoms. The number of amides is 1. The fraction of sp³-hybridized carbons (Fsp3) is 0.286. The summed E-state index contributed by atoms with van der Waals surface area (Å²) in [6.45, 7) is 4.71. The zero-order valence-corrected chi connectivity index (χ0v) is 16.1. The van der Waals surface area contributed by atoms with Gasteiger partial charge < -0.3 is 4.90 Å². The van der Waals surface area contributed by atoms with Gasteiger partial charge in [0.15, 0.2) is 11.6 Å². The fourth-order valence-electron chi connectivity index (χ4n) is 3.74. The molecule has 0 unspecified atom stereocenters. The molecular weight excluding hydrogens is 360 g/mol. The number of aromatic amines is 1.